The van der Waals surface area contributed by atoms with Crippen LogP contribution in [0.3, 0.4) is 0 Å². The third-order valence-electron chi connectivity index (χ3n) is 6.98. The summed E-state index contributed by atoms with van der Waals surface area (Å²) in [6.07, 6.45) is 4.44. The average molecular weight is 461 g/mol. The molecule has 4 rings (SSSR count). The summed E-state index contributed by atoms with van der Waals surface area (Å²) in [5.74, 6) is -1.09. The average Bonchev–Trinajstić information content (AvgIpc) is 3.69. The number of carbonyl (C=O) groups is 2. The van der Waals surface area contributed by atoms with Gasteiger partial charge in [-0.2, -0.15) is 0 Å². The quantitative estimate of drug-likeness (QED) is 0.448. The Labute approximate surface area is 193 Å². The lowest BCUT2D eigenvalue weighted by atomic mass is 9.68. The topological polar surface area (TPSA) is 123 Å². The number of hydrogen-bond donors (Lipinski definition) is 2. The van der Waals surface area contributed by atoms with E-state index in [4.69, 9.17) is 24.1 Å². The fourth-order valence-electron chi connectivity index (χ4n) is 5.07. The van der Waals surface area contributed by atoms with Gasteiger partial charge in [0.1, 0.15) is 23.4 Å². The van der Waals surface area contributed by atoms with Crippen LogP contribution in [0, 0.1) is 5.92 Å². The fraction of sp³-hybridized carbons (Fsp3) is 0.625. The summed E-state index contributed by atoms with van der Waals surface area (Å²) in [5.41, 5.74) is 1.21. The molecule has 2 N–H and O–H groups in total. The predicted octanol–water partition coefficient (Wildman–Crippen LogP) is 3.08. The van der Waals surface area contributed by atoms with Gasteiger partial charge in [0, 0.05) is 13.3 Å². The lowest BCUT2D eigenvalue weighted by molar-refractivity contribution is -0.118. The van der Waals surface area contributed by atoms with Crippen molar-refractivity contribution in [2.45, 2.75) is 76.1 Å². The highest BCUT2D eigenvalue weighted by Crippen LogP contribution is 2.59. The molecule has 180 valence electrons. The highest BCUT2D eigenvalue weighted by molar-refractivity contribution is 5.87. The van der Waals surface area contributed by atoms with Crippen LogP contribution in [-0.4, -0.2) is 65.4 Å². The molecule has 1 aromatic heterocycles. The fourth-order valence-corrected chi connectivity index (χ4v) is 5.07. The molecule has 1 amide bonds. The van der Waals surface area contributed by atoms with Gasteiger partial charge < -0.3 is 29.4 Å². The van der Waals surface area contributed by atoms with E-state index in [0.29, 0.717) is 18.7 Å². The van der Waals surface area contributed by atoms with Gasteiger partial charge in [0.05, 0.1) is 36.4 Å². The standard InChI is InChI=1S/C24H32N2O7/c1-14(2)5-8-18-23(3,33-18)20-19(30-4)17(9-10-24(20)13-31-24)32-22(29)26-12-16-7-6-15(11-25-16)21(27)28/h5-7,11,17-20H,8-10,12-13H2,1-4H3,(H,26,29)(H,27,28)/t17-,18-,19-,20-,23+,24+/m1/s1. The number of aromatic nitrogens is 1. The monoisotopic (exact) mass is 460 g/mol. The third-order valence-corrected chi connectivity index (χ3v) is 6.98. The first kappa shape index (κ1) is 23.7. The van der Waals surface area contributed by atoms with Crippen molar-refractivity contribution in [2.75, 3.05) is 13.7 Å². The minimum Gasteiger partial charge on any atom is -0.478 e. The second-order valence-corrected chi connectivity index (χ2v) is 9.52. The molecule has 9 heteroatoms. The summed E-state index contributed by atoms with van der Waals surface area (Å²) < 4.78 is 23.8. The Morgan fingerprint density at radius 2 is 2.12 bits per heavy atom. The molecule has 0 radical (unpaired) electrons. The SMILES string of the molecule is CO[C@@H]1[C@H](OC(=O)NCc2ccc(C(=O)O)cn2)CC[C@]2(CO2)[C@H]1[C@@]1(C)O[C@@H]1CC=C(C)C. The molecule has 0 bridgehead atoms. The molecule has 0 unspecified atom stereocenters. The first-order chi connectivity index (χ1) is 15.7. The minimum atomic E-state index is -1.05. The van der Waals surface area contributed by atoms with Crippen molar-refractivity contribution >= 4 is 12.1 Å². The number of hydrogen-bond acceptors (Lipinski definition) is 7. The van der Waals surface area contributed by atoms with Crippen molar-refractivity contribution in [3.63, 3.8) is 0 Å². The van der Waals surface area contributed by atoms with E-state index in [1.165, 1.54) is 17.8 Å². The molecule has 2 saturated heterocycles. The third kappa shape index (κ3) is 4.90. The number of allylic oxidation sites excluding steroid dienone is 1. The number of carboxylic acid groups (broad SMARTS) is 1. The van der Waals surface area contributed by atoms with E-state index in [2.05, 4.69) is 37.1 Å². The van der Waals surface area contributed by atoms with Crippen LogP contribution in [-0.2, 0) is 25.5 Å². The summed E-state index contributed by atoms with van der Waals surface area (Å²) in [7, 11) is 1.64. The Balaban J connectivity index is 1.38. The second-order valence-electron chi connectivity index (χ2n) is 9.52. The van der Waals surface area contributed by atoms with Crippen LogP contribution < -0.4 is 5.32 Å². The summed E-state index contributed by atoms with van der Waals surface area (Å²) in [5, 5.41) is 11.6. The highest BCUT2D eigenvalue weighted by Gasteiger charge is 2.72. The van der Waals surface area contributed by atoms with Gasteiger partial charge in [-0.1, -0.05) is 11.6 Å². The van der Waals surface area contributed by atoms with Crippen molar-refractivity contribution in [1.29, 1.82) is 0 Å². The first-order valence-electron chi connectivity index (χ1n) is 11.3. The van der Waals surface area contributed by atoms with E-state index in [0.717, 1.165) is 12.8 Å². The van der Waals surface area contributed by atoms with Crippen LogP contribution in [0.25, 0.3) is 0 Å². The Bertz CT molecular complexity index is 923. The van der Waals surface area contributed by atoms with Crippen molar-refractivity contribution < 1.29 is 33.6 Å². The molecule has 6 atom stereocenters. The zero-order chi connectivity index (χ0) is 23.8. The van der Waals surface area contributed by atoms with Crippen molar-refractivity contribution in [1.82, 2.24) is 10.3 Å². The van der Waals surface area contributed by atoms with E-state index < -0.39 is 23.8 Å². The number of pyridine rings is 1. The van der Waals surface area contributed by atoms with E-state index >= 15 is 0 Å². The summed E-state index contributed by atoms with van der Waals surface area (Å²) in [4.78, 5) is 27.5. The Morgan fingerprint density at radius 3 is 2.70 bits per heavy atom. The number of nitrogens with one attached hydrogen (secondary N) is 1. The van der Waals surface area contributed by atoms with Gasteiger partial charge in [0.25, 0.3) is 0 Å². The van der Waals surface area contributed by atoms with Crippen LogP contribution in [0.2, 0.25) is 0 Å². The molecule has 1 aromatic rings. The normalized spacial score (nSPS) is 34.4. The minimum absolute atomic E-state index is 0.0395. The van der Waals surface area contributed by atoms with Crippen molar-refractivity contribution in [3.8, 4) is 0 Å². The van der Waals surface area contributed by atoms with Crippen molar-refractivity contribution in [3.05, 3.63) is 41.2 Å². The predicted molar refractivity (Wildman–Crippen MR) is 118 cm³/mol. The van der Waals surface area contributed by atoms with Gasteiger partial charge in [0.2, 0.25) is 0 Å². The molecule has 9 nitrogen and oxygen atoms in total. The Kier molecular flexibility index (Phi) is 6.48. The number of ether oxygens (including phenoxy) is 4. The highest BCUT2D eigenvalue weighted by atomic mass is 16.6. The molecule has 1 spiro atoms. The molecular formula is C24H32N2O7. The van der Waals surface area contributed by atoms with Crippen LogP contribution in [0.1, 0.15) is 56.1 Å². The second kappa shape index (κ2) is 9.04. The zero-order valence-corrected chi connectivity index (χ0v) is 19.5. The maximum Gasteiger partial charge on any atom is 0.407 e. The van der Waals surface area contributed by atoms with Gasteiger partial charge in [-0.15, -0.1) is 0 Å². The molecule has 2 aliphatic heterocycles. The van der Waals surface area contributed by atoms with Crippen LogP contribution >= 0.6 is 0 Å². The number of nitrogens with zero attached hydrogens (tertiary/aromatic N) is 1. The van der Waals surface area contributed by atoms with Crippen LogP contribution in [0.4, 0.5) is 4.79 Å². The number of alkyl carbamates (subject to hydrolysis) is 1. The van der Waals surface area contributed by atoms with Gasteiger partial charge in [0.15, 0.2) is 0 Å². The summed E-state index contributed by atoms with van der Waals surface area (Å²) in [6.45, 7) is 7.05. The maximum absolute atomic E-state index is 12.5. The largest absolute Gasteiger partial charge is 0.478 e. The summed E-state index contributed by atoms with van der Waals surface area (Å²) >= 11 is 0. The van der Waals surface area contributed by atoms with Crippen LogP contribution in [0.15, 0.2) is 30.0 Å². The molecule has 1 saturated carbocycles. The molecule has 0 aromatic carbocycles. The number of epoxide rings is 2. The molecule has 3 fully saturated rings. The van der Waals surface area contributed by atoms with Gasteiger partial charge >= 0.3 is 12.1 Å². The van der Waals surface area contributed by atoms with Gasteiger partial charge in [-0.25, -0.2) is 9.59 Å². The first-order valence-corrected chi connectivity index (χ1v) is 11.3. The summed E-state index contributed by atoms with van der Waals surface area (Å²) in [6, 6.07) is 3.01. The molecule has 3 heterocycles. The van der Waals surface area contributed by atoms with E-state index in [9.17, 15) is 9.59 Å². The number of carboxylic acids is 1. The number of aromatic carboxylic acids is 1. The number of methoxy groups -OCH3 is 1. The lowest BCUT2D eigenvalue weighted by Crippen LogP contribution is -2.56. The van der Waals surface area contributed by atoms with Gasteiger partial charge in [-0.05, 0) is 52.2 Å². The Hall–Kier alpha value is -2.49. The van der Waals surface area contributed by atoms with E-state index in [-0.39, 0.29) is 35.8 Å². The number of rotatable bonds is 8. The number of amides is 1. The van der Waals surface area contributed by atoms with Crippen molar-refractivity contribution in [2.24, 2.45) is 5.92 Å². The Morgan fingerprint density at radius 1 is 1.36 bits per heavy atom. The van der Waals surface area contributed by atoms with Crippen LogP contribution in [0.5, 0.6) is 0 Å². The van der Waals surface area contributed by atoms with E-state index in [1.807, 2.05) is 0 Å². The smallest absolute Gasteiger partial charge is 0.407 e. The number of carbonyl (C=O) groups excluding carboxylic acids is 1. The molecular weight excluding hydrogens is 428 g/mol. The van der Waals surface area contributed by atoms with Gasteiger partial charge in [-0.3, -0.25) is 4.98 Å². The maximum atomic E-state index is 12.5. The molecule has 33 heavy (non-hydrogen) atoms. The molecule has 1 aliphatic carbocycles. The van der Waals surface area contributed by atoms with E-state index in [1.54, 1.807) is 13.2 Å². The zero-order valence-electron chi connectivity index (χ0n) is 19.5. The molecule has 3 aliphatic rings. The lowest BCUT2D eigenvalue weighted by Gasteiger charge is -2.42.